The fraction of sp³-hybridized carbons (Fsp3) is 0.875. The lowest BCUT2D eigenvalue weighted by molar-refractivity contribution is 0.144. The second-order valence-electron chi connectivity index (χ2n) is 2.91. The Balaban J connectivity index is 3.61. The number of nitrogens with two attached hydrogens (primary N) is 2. The highest BCUT2D eigenvalue weighted by Gasteiger charge is 2.09. The molecule has 0 saturated carbocycles. The van der Waals surface area contributed by atoms with E-state index in [4.69, 9.17) is 16.6 Å². The summed E-state index contributed by atoms with van der Waals surface area (Å²) in [6.45, 7) is 2.23. The van der Waals surface area contributed by atoms with Crippen molar-refractivity contribution >= 4 is 6.09 Å². The van der Waals surface area contributed by atoms with Crippen LogP contribution >= 0.6 is 0 Å². The molecule has 0 aliphatic rings. The molecular weight excluding hydrogens is 170 g/mol. The van der Waals surface area contributed by atoms with Gasteiger partial charge >= 0.3 is 6.09 Å². The van der Waals surface area contributed by atoms with Gasteiger partial charge in [0.15, 0.2) is 0 Å². The summed E-state index contributed by atoms with van der Waals surface area (Å²) in [6, 6.07) is 0. The fourth-order valence-corrected chi connectivity index (χ4v) is 1.03. The quantitative estimate of drug-likeness (QED) is 0.493. The van der Waals surface area contributed by atoms with E-state index in [1.54, 1.807) is 0 Å². The van der Waals surface area contributed by atoms with E-state index in [9.17, 15) is 4.79 Å². The van der Waals surface area contributed by atoms with Gasteiger partial charge in [0.2, 0.25) is 0 Å². The first-order valence-corrected chi connectivity index (χ1v) is 4.60. The SMILES string of the molecule is NCCCCN(CCCN)C(=O)O. The second kappa shape index (κ2) is 7.82. The molecule has 5 nitrogen and oxygen atoms in total. The van der Waals surface area contributed by atoms with Crippen LogP contribution in [0.15, 0.2) is 0 Å². The Hall–Kier alpha value is -0.810. The summed E-state index contributed by atoms with van der Waals surface area (Å²) in [6.07, 6.45) is 1.54. The minimum atomic E-state index is -0.870. The van der Waals surface area contributed by atoms with Gasteiger partial charge in [0.05, 0.1) is 0 Å². The van der Waals surface area contributed by atoms with Gasteiger partial charge in [-0.3, -0.25) is 0 Å². The van der Waals surface area contributed by atoms with Crippen LogP contribution in [0.1, 0.15) is 19.3 Å². The molecule has 0 saturated heterocycles. The van der Waals surface area contributed by atoms with Gasteiger partial charge in [-0.1, -0.05) is 0 Å². The van der Waals surface area contributed by atoms with Crippen molar-refractivity contribution in [2.75, 3.05) is 26.2 Å². The number of carbonyl (C=O) groups is 1. The summed E-state index contributed by atoms with van der Waals surface area (Å²) in [5.41, 5.74) is 10.6. The van der Waals surface area contributed by atoms with Crippen molar-refractivity contribution in [2.45, 2.75) is 19.3 Å². The average molecular weight is 189 g/mol. The predicted octanol–water partition coefficient (Wildman–Crippen LogP) is 0.0541. The molecule has 0 aliphatic heterocycles. The summed E-state index contributed by atoms with van der Waals surface area (Å²) in [5.74, 6) is 0. The largest absolute Gasteiger partial charge is 0.465 e. The van der Waals surface area contributed by atoms with Crippen molar-refractivity contribution in [2.24, 2.45) is 11.5 Å². The van der Waals surface area contributed by atoms with Gasteiger partial charge < -0.3 is 21.5 Å². The van der Waals surface area contributed by atoms with Crippen molar-refractivity contribution in [1.82, 2.24) is 4.90 Å². The van der Waals surface area contributed by atoms with E-state index in [0.717, 1.165) is 19.3 Å². The number of amides is 1. The zero-order valence-electron chi connectivity index (χ0n) is 7.91. The van der Waals surface area contributed by atoms with Crippen LogP contribution in [0.25, 0.3) is 0 Å². The maximum Gasteiger partial charge on any atom is 0.407 e. The van der Waals surface area contributed by atoms with E-state index in [1.807, 2.05) is 0 Å². The molecule has 0 aliphatic carbocycles. The van der Waals surface area contributed by atoms with Crippen LogP contribution in [0, 0.1) is 0 Å². The van der Waals surface area contributed by atoms with Gasteiger partial charge in [-0.25, -0.2) is 4.79 Å². The average Bonchev–Trinajstić information content (AvgIpc) is 2.10. The van der Waals surface area contributed by atoms with Crippen molar-refractivity contribution < 1.29 is 9.90 Å². The normalized spacial score (nSPS) is 10.0. The van der Waals surface area contributed by atoms with Gasteiger partial charge in [0.1, 0.15) is 0 Å². The van der Waals surface area contributed by atoms with E-state index < -0.39 is 6.09 Å². The van der Waals surface area contributed by atoms with Gasteiger partial charge in [0.25, 0.3) is 0 Å². The Morgan fingerprint density at radius 1 is 1.08 bits per heavy atom. The van der Waals surface area contributed by atoms with Gasteiger partial charge in [-0.15, -0.1) is 0 Å². The van der Waals surface area contributed by atoms with Crippen LogP contribution in [0.5, 0.6) is 0 Å². The van der Waals surface area contributed by atoms with E-state index in [2.05, 4.69) is 0 Å². The van der Waals surface area contributed by atoms with Crippen LogP contribution < -0.4 is 11.5 Å². The number of hydrogen-bond acceptors (Lipinski definition) is 3. The fourth-order valence-electron chi connectivity index (χ4n) is 1.03. The molecule has 5 N–H and O–H groups in total. The number of rotatable bonds is 7. The summed E-state index contributed by atoms with van der Waals surface area (Å²) in [7, 11) is 0. The Bertz CT molecular complexity index is 141. The van der Waals surface area contributed by atoms with Crippen molar-refractivity contribution in [3.8, 4) is 0 Å². The van der Waals surface area contributed by atoms with Gasteiger partial charge in [-0.2, -0.15) is 0 Å². The molecule has 0 rings (SSSR count). The topological polar surface area (TPSA) is 92.6 Å². The van der Waals surface area contributed by atoms with Crippen molar-refractivity contribution in [3.63, 3.8) is 0 Å². The minimum absolute atomic E-state index is 0.524. The first-order valence-electron chi connectivity index (χ1n) is 4.60. The standard InChI is InChI=1S/C8H19N3O2/c9-4-1-2-6-11(8(12)13)7-3-5-10/h1-7,9-10H2,(H,12,13). The number of unbranched alkanes of at least 4 members (excludes halogenated alkanes) is 1. The number of hydrogen-bond donors (Lipinski definition) is 3. The summed E-state index contributed by atoms with van der Waals surface area (Å²) in [5, 5.41) is 8.75. The van der Waals surface area contributed by atoms with Gasteiger partial charge in [-0.05, 0) is 32.4 Å². The zero-order chi connectivity index (χ0) is 10.1. The van der Waals surface area contributed by atoms with Crippen LogP contribution in [0.2, 0.25) is 0 Å². The molecule has 0 heterocycles. The highest BCUT2D eigenvalue weighted by molar-refractivity contribution is 5.64. The molecule has 0 aromatic rings. The van der Waals surface area contributed by atoms with E-state index in [-0.39, 0.29) is 0 Å². The Morgan fingerprint density at radius 3 is 2.08 bits per heavy atom. The lowest BCUT2D eigenvalue weighted by atomic mass is 10.3. The molecule has 0 spiro atoms. The summed E-state index contributed by atoms with van der Waals surface area (Å²) >= 11 is 0. The molecule has 0 aromatic carbocycles. The second-order valence-corrected chi connectivity index (χ2v) is 2.91. The number of carboxylic acid groups (broad SMARTS) is 1. The summed E-state index contributed by atoms with van der Waals surface area (Å²) < 4.78 is 0. The third-order valence-electron chi connectivity index (χ3n) is 1.78. The van der Waals surface area contributed by atoms with Crippen LogP contribution in [-0.4, -0.2) is 42.3 Å². The molecule has 13 heavy (non-hydrogen) atoms. The molecule has 0 bridgehead atoms. The lowest BCUT2D eigenvalue weighted by Gasteiger charge is -2.18. The molecular formula is C8H19N3O2. The van der Waals surface area contributed by atoms with E-state index in [0.29, 0.717) is 26.2 Å². The van der Waals surface area contributed by atoms with Crippen molar-refractivity contribution in [3.05, 3.63) is 0 Å². The van der Waals surface area contributed by atoms with Crippen LogP contribution in [0.3, 0.4) is 0 Å². The molecule has 0 unspecified atom stereocenters. The third-order valence-corrected chi connectivity index (χ3v) is 1.78. The highest BCUT2D eigenvalue weighted by atomic mass is 16.4. The minimum Gasteiger partial charge on any atom is -0.465 e. The molecule has 1 amide bonds. The van der Waals surface area contributed by atoms with E-state index >= 15 is 0 Å². The van der Waals surface area contributed by atoms with Crippen LogP contribution in [0.4, 0.5) is 4.79 Å². The monoisotopic (exact) mass is 189 g/mol. The highest BCUT2D eigenvalue weighted by Crippen LogP contribution is 1.96. The predicted molar refractivity (Wildman–Crippen MR) is 51.6 cm³/mol. The number of nitrogens with zero attached hydrogens (tertiary/aromatic N) is 1. The molecule has 0 fully saturated rings. The van der Waals surface area contributed by atoms with Gasteiger partial charge in [0, 0.05) is 13.1 Å². The maximum absolute atomic E-state index is 10.7. The summed E-state index contributed by atoms with van der Waals surface area (Å²) in [4.78, 5) is 12.0. The smallest absolute Gasteiger partial charge is 0.407 e. The van der Waals surface area contributed by atoms with Crippen molar-refractivity contribution in [1.29, 1.82) is 0 Å². The Morgan fingerprint density at radius 2 is 1.62 bits per heavy atom. The lowest BCUT2D eigenvalue weighted by Crippen LogP contribution is -2.32. The Labute approximate surface area is 78.7 Å². The maximum atomic E-state index is 10.7. The molecule has 5 heteroatoms. The zero-order valence-corrected chi connectivity index (χ0v) is 7.91. The molecule has 0 atom stereocenters. The molecule has 0 aromatic heterocycles. The third kappa shape index (κ3) is 6.36. The molecule has 78 valence electrons. The molecule has 0 radical (unpaired) electrons. The first-order chi connectivity index (χ1) is 6.22. The first kappa shape index (κ1) is 12.2. The van der Waals surface area contributed by atoms with E-state index in [1.165, 1.54) is 4.90 Å². The van der Waals surface area contributed by atoms with Crippen LogP contribution in [-0.2, 0) is 0 Å². The Kier molecular flexibility index (Phi) is 7.33.